The normalized spacial score (nSPS) is 12.9. The molecule has 59 heavy (non-hydrogen) atoms. The molecule has 0 aliphatic heterocycles. The van der Waals surface area contributed by atoms with Crippen LogP contribution < -0.4 is 0 Å². The molecule has 0 radical (unpaired) electrons. The lowest BCUT2D eigenvalue weighted by molar-refractivity contribution is 0.669. The fourth-order valence-electron chi connectivity index (χ4n) is 9.05. The van der Waals surface area contributed by atoms with E-state index in [0.717, 1.165) is 81.7 Å². The summed E-state index contributed by atoms with van der Waals surface area (Å²) in [6.07, 6.45) is 0. The summed E-state index contributed by atoms with van der Waals surface area (Å²) in [7, 11) is 0. The third-order valence-corrected chi connectivity index (χ3v) is 12.7. The van der Waals surface area contributed by atoms with Gasteiger partial charge in [0.25, 0.3) is 0 Å². The number of furan rings is 1. The Labute approximate surface area is 344 Å². The van der Waals surface area contributed by atoms with Crippen molar-refractivity contribution in [1.82, 2.24) is 19.9 Å². The molecule has 276 valence electrons. The molecule has 0 saturated carbocycles. The Balaban J connectivity index is 1.11. The van der Waals surface area contributed by atoms with E-state index in [1.165, 1.54) is 11.1 Å². The summed E-state index contributed by atoms with van der Waals surface area (Å²) in [6, 6.07) is 67.6. The van der Waals surface area contributed by atoms with Gasteiger partial charge in [0.15, 0.2) is 17.5 Å². The van der Waals surface area contributed by atoms with Crippen molar-refractivity contribution < 1.29 is 4.42 Å². The number of aromatic nitrogens is 4. The minimum Gasteiger partial charge on any atom is -0.456 e. The van der Waals surface area contributed by atoms with Gasteiger partial charge in [-0.25, -0.2) is 19.9 Å². The third-order valence-electron chi connectivity index (χ3n) is 11.6. The van der Waals surface area contributed by atoms with E-state index in [4.69, 9.17) is 24.4 Å². The average Bonchev–Trinajstić information content (AvgIpc) is 4.01. The van der Waals surface area contributed by atoms with E-state index in [-0.39, 0.29) is 0 Å². The first-order valence-corrected chi connectivity index (χ1v) is 20.5. The van der Waals surface area contributed by atoms with Gasteiger partial charge in [0.1, 0.15) is 21.6 Å². The summed E-state index contributed by atoms with van der Waals surface area (Å²) in [6.45, 7) is 0. The number of fused-ring (bicyclic) bond motifs is 7. The van der Waals surface area contributed by atoms with Crippen LogP contribution in [0.5, 0.6) is 0 Å². The maximum atomic E-state index is 6.60. The van der Waals surface area contributed by atoms with Crippen LogP contribution in [0.2, 0.25) is 0 Å². The Hall–Kier alpha value is -7.54. The summed E-state index contributed by atoms with van der Waals surface area (Å²) in [5.41, 5.74) is 12.5. The number of benzene rings is 8. The minimum absolute atomic E-state index is 0.582. The first-order valence-electron chi connectivity index (χ1n) is 19.7. The molecule has 0 N–H and O–H groups in total. The highest BCUT2D eigenvalue weighted by Crippen LogP contribution is 2.55. The van der Waals surface area contributed by atoms with Crippen molar-refractivity contribution in [3.05, 3.63) is 217 Å². The first-order chi connectivity index (χ1) is 29.2. The van der Waals surface area contributed by atoms with Gasteiger partial charge in [-0.2, -0.15) is 0 Å². The van der Waals surface area contributed by atoms with Gasteiger partial charge in [-0.05, 0) is 57.6 Å². The molecule has 0 unspecified atom stereocenters. The molecule has 0 saturated heterocycles. The van der Waals surface area contributed by atoms with Crippen LogP contribution in [0, 0.1) is 0 Å². The Kier molecular flexibility index (Phi) is 7.55. The van der Waals surface area contributed by atoms with Gasteiger partial charge < -0.3 is 4.42 Å². The molecule has 0 bridgehead atoms. The van der Waals surface area contributed by atoms with E-state index >= 15 is 0 Å². The lowest BCUT2D eigenvalue weighted by Gasteiger charge is -2.32. The van der Waals surface area contributed by atoms with Gasteiger partial charge in [0.05, 0.1) is 10.2 Å². The van der Waals surface area contributed by atoms with Crippen LogP contribution in [0.1, 0.15) is 22.5 Å². The average molecular weight is 773 g/mol. The fraction of sp³-hybridized carbons (Fsp3) is 0.0189. The SMILES string of the molecule is c1ccc(-c2nc(-c3cccc4oc5ccc(-c6cccc7sc(-c8ccccc8)nc67)cc5c34)nc(C3(c4ccccc4)c4ccccc4-c4ccccc43)n2)cc1. The maximum absolute atomic E-state index is 6.60. The zero-order chi connectivity index (χ0) is 38.9. The van der Waals surface area contributed by atoms with Gasteiger partial charge in [-0.3, -0.25) is 0 Å². The van der Waals surface area contributed by atoms with Crippen molar-refractivity contribution in [3.8, 4) is 55.6 Å². The highest BCUT2D eigenvalue weighted by Gasteiger charge is 2.48. The van der Waals surface area contributed by atoms with Crippen LogP contribution in [0.4, 0.5) is 0 Å². The predicted octanol–water partition coefficient (Wildman–Crippen LogP) is 13.4. The number of para-hydroxylation sites is 1. The number of hydrogen-bond acceptors (Lipinski definition) is 6. The van der Waals surface area contributed by atoms with Gasteiger partial charge >= 0.3 is 0 Å². The van der Waals surface area contributed by atoms with Crippen LogP contribution >= 0.6 is 11.3 Å². The molecule has 1 aliphatic carbocycles. The number of nitrogens with zero attached hydrogens (tertiary/aromatic N) is 4. The molecule has 12 rings (SSSR count). The summed E-state index contributed by atoms with van der Waals surface area (Å²) in [5, 5.41) is 2.95. The summed E-state index contributed by atoms with van der Waals surface area (Å²) < 4.78 is 7.74. The van der Waals surface area contributed by atoms with Crippen LogP contribution in [0.3, 0.4) is 0 Å². The molecule has 1 aliphatic rings. The van der Waals surface area contributed by atoms with Gasteiger partial charge in [-0.15, -0.1) is 11.3 Å². The zero-order valence-electron chi connectivity index (χ0n) is 31.6. The molecule has 0 fully saturated rings. The van der Waals surface area contributed by atoms with Crippen molar-refractivity contribution in [2.75, 3.05) is 0 Å². The van der Waals surface area contributed by atoms with E-state index in [0.29, 0.717) is 17.5 Å². The monoisotopic (exact) mass is 772 g/mol. The molecule has 5 nitrogen and oxygen atoms in total. The highest BCUT2D eigenvalue weighted by atomic mass is 32.1. The van der Waals surface area contributed by atoms with E-state index in [1.807, 2.05) is 36.4 Å². The van der Waals surface area contributed by atoms with Crippen molar-refractivity contribution >= 4 is 43.5 Å². The smallest absolute Gasteiger partial charge is 0.164 e. The number of hydrogen-bond donors (Lipinski definition) is 0. The molecule has 0 atom stereocenters. The van der Waals surface area contributed by atoms with Crippen molar-refractivity contribution in [2.45, 2.75) is 5.41 Å². The van der Waals surface area contributed by atoms with Gasteiger partial charge in [0.2, 0.25) is 0 Å². The Bertz CT molecular complexity index is 3350. The third kappa shape index (κ3) is 5.17. The van der Waals surface area contributed by atoms with Crippen LogP contribution in [0.25, 0.3) is 87.8 Å². The molecular weight excluding hydrogens is 741 g/mol. The molecule has 0 spiro atoms. The predicted molar refractivity (Wildman–Crippen MR) is 239 cm³/mol. The Morgan fingerprint density at radius 1 is 0.424 bits per heavy atom. The number of thiazole rings is 1. The largest absolute Gasteiger partial charge is 0.456 e. The quantitative estimate of drug-likeness (QED) is 0.168. The molecule has 0 amide bonds. The second-order valence-electron chi connectivity index (χ2n) is 14.9. The fourth-order valence-corrected chi connectivity index (χ4v) is 10.0. The molecule has 3 heterocycles. The van der Waals surface area contributed by atoms with E-state index < -0.39 is 5.41 Å². The molecule has 3 aromatic heterocycles. The summed E-state index contributed by atoms with van der Waals surface area (Å²) >= 11 is 1.72. The van der Waals surface area contributed by atoms with Crippen LogP contribution in [0.15, 0.2) is 199 Å². The zero-order valence-corrected chi connectivity index (χ0v) is 32.4. The number of rotatable bonds is 6. The van der Waals surface area contributed by atoms with Gasteiger partial charge in [-0.1, -0.05) is 170 Å². The van der Waals surface area contributed by atoms with Gasteiger partial charge in [0, 0.05) is 33.0 Å². The lowest BCUT2D eigenvalue weighted by Crippen LogP contribution is -2.31. The second-order valence-corrected chi connectivity index (χ2v) is 15.9. The van der Waals surface area contributed by atoms with Crippen molar-refractivity contribution in [2.24, 2.45) is 0 Å². The van der Waals surface area contributed by atoms with Crippen molar-refractivity contribution in [3.63, 3.8) is 0 Å². The molecule has 6 heteroatoms. The lowest BCUT2D eigenvalue weighted by atomic mass is 9.71. The Morgan fingerprint density at radius 3 is 1.78 bits per heavy atom. The standard InChI is InChI=1S/C53H32N4OS/c1-4-16-33(17-5-1)49-55-50(57-52(56-49)53(36-20-8-3-9-21-36)42-26-12-10-22-38(42)39-23-11-13-27-43(39)53)40-25-14-28-45-47(40)41-32-35(30-31-44(41)58-45)37-24-15-29-46-48(37)54-51(59-46)34-18-6-2-7-19-34/h1-32H. The van der Waals surface area contributed by atoms with Crippen LogP contribution in [-0.2, 0) is 5.41 Å². The van der Waals surface area contributed by atoms with Crippen LogP contribution in [-0.4, -0.2) is 19.9 Å². The van der Waals surface area contributed by atoms with E-state index in [2.05, 4.69) is 158 Å². The first kappa shape index (κ1) is 33.6. The maximum Gasteiger partial charge on any atom is 0.164 e. The van der Waals surface area contributed by atoms with Crippen molar-refractivity contribution in [1.29, 1.82) is 0 Å². The topological polar surface area (TPSA) is 64.7 Å². The highest BCUT2D eigenvalue weighted by molar-refractivity contribution is 7.21. The second kappa shape index (κ2) is 13.3. The van der Waals surface area contributed by atoms with E-state index in [1.54, 1.807) is 11.3 Å². The summed E-state index contributed by atoms with van der Waals surface area (Å²) in [5.74, 6) is 1.86. The Morgan fingerprint density at radius 2 is 1.03 bits per heavy atom. The molecule has 11 aromatic rings. The molecule has 8 aromatic carbocycles. The molecular formula is C53H32N4OS. The summed E-state index contributed by atoms with van der Waals surface area (Å²) in [4.78, 5) is 21.5. The van der Waals surface area contributed by atoms with E-state index in [9.17, 15) is 0 Å². The minimum atomic E-state index is -0.806.